The van der Waals surface area contributed by atoms with Gasteiger partial charge in [-0.3, -0.25) is 14.7 Å². The summed E-state index contributed by atoms with van der Waals surface area (Å²) in [7, 11) is 0. The Balaban J connectivity index is 1.16. The Morgan fingerprint density at radius 3 is 2.60 bits per heavy atom. The first-order chi connectivity index (χ1) is 20.5. The number of aromatic amines is 1. The van der Waals surface area contributed by atoms with E-state index in [9.17, 15) is 27.6 Å². The number of para-hydroxylation sites is 1. The molecule has 228 valence electrons. The Bertz CT molecular complexity index is 1590. The summed E-state index contributed by atoms with van der Waals surface area (Å²) < 4.78 is 41.3. The van der Waals surface area contributed by atoms with Crippen molar-refractivity contribution in [2.45, 2.75) is 50.9 Å². The Morgan fingerprint density at radius 2 is 1.86 bits per heavy atom. The summed E-state index contributed by atoms with van der Waals surface area (Å²) in [6.45, 7) is -0.387. The van der Waals surface area contributed by atoms with Gasteiger partial charge in [-0.2, -0.15) is 18.3 Å². The third-order valence-corrected chi connectivity index (χ3v) is 9.52. The number of aromatic nitrogens is 2. The zero-order valence-electron chi connectivity index (χ0n) is 23.0. The number of nitrogens with zero attached hydrogens (tertiary/aromatic N) is 4. The van der Waals surface area contributed by atoms with Crippen molar-refractivity contribution in [1.29, 1.82) is 0 Å². The number of amides is 4. The maximum absolute atomic E-state index is 13.6. The number of carbonyl (C=O) groups excluding carboxylic acids is 3. The van der Waals surface area contributed by atoms with E-state index < -0.39 is 24.5 Å². The van der Waals surface area contributed by atoms with Crippen molar-refractivity contribution in [1.82, 2.24) is 24.9 Å². The number of anilines is 1. The molecular weight excluding hydrogens is 653 g/mol. The van der Waals surface area contributed by atoms with Gasteiger partial charge in [-0.25, -0.2) is 4.79 Å². The standard InChI is InChI=1S/C29H29BrClF3N6O3/c30-21-12-17-11-18(27(42)39(15-29(32,33)34)14-20(17)24-25(21)36-37-26(24)31)13-23(41)38-8-6-19(7-9-38)40-10-5-16-3-1-2-4-22(16)35-28(40)43/h1-4,12,18-19H,5-11,13-15H2,(H,35,43)(H,36,37). The molecule has 3 aromatic rings. The molecule has 1 unspecified atom stereocenters. The van der Waals surface area contributed by atoms with Gasteiger partial charge in [0.15, 0.2) is 5.15 Å². The molecule has 0 radical (unpaired) electrons. The van der Waals surface area contributed by atoms with Crippen molar-refractivity contribution < 1.29 is 27.6 Å². The van der Waals surface area contributed by atoms with Crippen molar-refractivity contribution >= 4 is 62.0 Å². The highest BCUT2D eigenvalue weighted by atomic mass is 79.9. The van der Waals surface area contributed by atoms with Gasteiger partial charge >= 0.3 is 12.2 Å². The van der Waals surface area contributed by atoms with Crippen LogP contribution in [0.5, 0.6) is 0 Å². The molecule has 2 aromatic carbocycles. The molecule has 4 heterocycles. The Kier molecular flexibility index (Phi) is 8.05. The number of halogens is 5. The monoisotopic (exact) mass is 680 g/mol. The first-order valence-corrected chi connectivity index (χ1v) is 15.3. The maximum Gasteiger partial charge on any atom is 0.406 e. The Hall–Kier alpha value is -3.32. The van der Waals surface area contributed by atoms with E-state index in [4.69, 9.17) is 11.6 Å². The van der Waals surface area contributed by atoms with E-state index in [1.54, 1.807) is 11.0 Å². The second kappa shape index (κ2) is 11.6. The van der Waals surface area contributed by atoms with Gasteiger partial charge < -0.3 is 20.0 Å². The minimum absolute atomic E-state index is 0.0495. The fourth-order valence-electron chi connectivity index (χ4n) is 6.50. The maximum atomic E-state index is 13.6. The van der Waals surface area contributed by atoms with E-state index in [1.807, 2.05) is 29.2 Å². The summed E-state index contributed by atoms with van der Waals surface area (Å²) in [5, 5.41) is 10.3. The van der Waals surface area contributed by atoms with E-state index in [1.165, 1.54) is 0 Å². The zero-order valence-corrected chi connectivity index (χ0v) is 25.4. The minimum atomic E-state index is -4.62. The van der Waals surface area contributed by atoms with Gasteiger partial charge in [-0.05, 0) is 70.4 Å². The molecule has 1 fully saturated rings. The molecular formula is C29H29BrClF3N6O3. The highest BCUT2D eigenvalue weighted by molar-refractivity contribution is 9.10. The van der Waals surface area contributed by atoms with Crippen LogP contribution in [-0.2, 0) is 29.0 Å². The van der Waals surface area contributed by atoms with Gasteiger partial charge in [0.05, 0.1) is 11.4 Å². The highest BCUT2D eigenvalue weighted by Gasteiger charge is 2.40. The molecule has 6 rings (SSSR count). The lowest BCUT2D eigenvalue weighted by Gasteiger charge is -2.38. The largest absolute Gasteiger partial charge is 0.406 e. The molecule has 1 atom stereocenters. The number of benzene rings is 2. The molecule has 1 aromatic heterocycles. The fourth-order valence-corrected chi connectivity index (χ4v) is 7.31. The summed E-state index contributed by atoms with van der Waals surface area (Å²) in [4.78, 5) is 44.2. The second-order valence-corrected chi connectivity index (χ2v) is 12.5. The fraction of sp³-hybridized carbons (Fsp3) is 0.448. The molecule has 1 saturated heterocycles. The third kappa shape index (κ3) is 6.06. The molecule has 0 aliphatic carbocycles. The topological polar surface area (TPSA) is 102 Å². The van der Waals surface area contributed by atoms with E-state index in [2.05, 4.69) is 31.4 Å². The first-order valence-electron chi connectivity index (χ1n) is 14.1. The van der Waals surface area contributed by atoms with Gasteiger partial charge in [0.1, 0.15) is 6.54 Å². The molecule has 0 spiro atoms. The van der Waals surface area contributed by atoms with Crippen LogP contribution in [0.1, 0.15) is 36.0 Å². The van der Waals surface area contributed by atoms with Crippen LogP contribution >= 0.6 is 27.5 Å². The van der Waals surface area contributed by atoms with Crippen LogP contribution in [0.2, 0.25) is 5.15 Å². The van der Waals surface area contributed by atoms with Crippen LogP contribution in [0.15, 0.2) is 34.8 Å². The summed E-state index contributed by atoms with van der Waals surface area (Å²) in [6, 6.07) is 9.23. The van der Waals surface area contributed by atoms with Crippen LogP contribution in [0, 0.1) is 5.92 Å². The van der Waals surface area contributed by atoms with Crippen LogP contribution in [-0.4, -0.2) is 81.1 Å². The number of nitrogens with one attached hydrogen (secondary N) is 2. The molecule has 4 amide bonds. The van der Waals surface area contributed by atoms with E-state index in [-0.39, 0.29) is 42.5 Å². The van der Waals surface area contributed by atoms with Crippen molar-refractivity contribution in [3.8, 4) is 0 Å². The molecule has 0 saturated carbocycles. The molecule has 0 bridgehead atoms. The summed E-state index contributed by atoms with van der Waals surface area (Å²) in [5.41, 5.74) is 3.54. The van der Waals surface area contributed by atoms with Crippen LogP contribution in [0.3, 0.4) is 0 Å². The van der Waals surface area contributed by atoms with Crippen molar-refractivity contribution in [3.05, 3.63) is 56.6 Å². The number of alkyl halides is 3. The van der Waals surface area contributed by atoms with Crippen LogP contribution < -0.4 is 5.32 Å². The number of fused-ring (bicyclic) bond motifs is 4. The lowest BCUT2D eigenvalue weighted by atomic mass is 9.92. The molecule has 3 aliphatic rings. The summed E-state index contributed by atoms with van der Waals surface area (Å²) in [6.07, 6.45) is -2.88. The molecule has 2 N–H and O–H groups in total. The molecule has 3 aliphatic heterocycles. The summed E-state index contributed by atoms with van der Waals surface area (Å²) in [5.74, 6) is -1.98. The highest BCUT2D eigenvalue weighted by Crippen LogP contribution is 2.38. The number of hydrogen-bond donors (Lipinski definition) is 2. The van der Waals surface area contributed by atoms with Gasteiger partial charge in [0.25, 0.3) is 0 Å². The van der Waals surface area contributed by atoms with Crippen molar-refractivity contribution in [3.63, 3.8) is 0 Å². The first kappa shape index (κ1) is 29.7. The van der Waals surface area contributed by atoms with Gasteiger partial charge in [0, 0.05) is 54.2 Å². The number of rotatable bonds is 4. The normalized spacial score (nSPS) is 20.0. The van der Waals surface area contributed by atoms with Gasteiger partial charge in [-0.1, -0.05) is 29.8 Å². The Labute approximate surface area is 258 Å². The van der Waals surface area contributed by atoms with E-state index in [0.717, 1.165) is 22.6 Å². The number of urea groups is 1. The van der Waals surface area contributed by atoms with Crippen molar-refractivity contribution in [2.75, 3.05) is 31.5 Å². The van der Waals surface area contributed by atoms with E-state index >= 15 is 0 Å². The van der Waals surface area contributed by atoms with Gasteiger partial charge in [-0.15, -0.1) is 0 Å². The second-order valence-electron chi connectivity index (χ2n) is 11.3. The zero-order chi connectivity index (χ0) is 30.5. The summed E-state index contributed by atoms with van der Waals surface area (Å²) >= 11 is 9.77. The predicted octanol–water partition coefficient (Wildman–Crippen LogP) is 5.51. The SMILES string of the molecule is O=C(CC1Cc2cc(Br)c3[nH]nc(Cl)c3c2CN(CC(F)(F)F)C1=O)N1CCC(N2CCc3ccccc3NC2=O)CC1. The minimum Gasteiger partial charge on any atom is -0.343 e. The number of H-pyrrole nitrogens is 1. The molecule has 43 heavy (non-hydrogen) atoms. The lowest BCUT2D eigenvalue weighted by Crippen LogP contribution is -2.50. The average Bonchev–Trinajstić information content (AvgIpc) is 3.20. The molecule has 9 nitrogen and oxygen atoms in total. The lowest BCUT2D eigenvalue weighted by molar-refractivity contribution is -0.165. The number of carbonyl (C=O) groups is 3. The smallest absolute Gasteiger partial charge is 0.343 e. The number of piperidine rings is 1. The van der Waals surface area contributed by atoms with Crippen molar-refractivity contribution in [2.24, 2.45) is 5.92 Å². The van der Waals surface area contributed by atoms with Crippen LogP contribution in [0.25, 0.3) is 10.9 Å². The van der Waals surface area contributed by atoms with Gasteiger partial charge in [0.2, 0.25) is 11.8 Å². The Morgan fingerprint density at radius 1 is 1.12 bits per heavy atom. The van der Waals surface area contributed by atoms with E-state index in [0.29, 0.717) is 59.0 Å². The predicted molar refractivity (Wildman–Crippen MR) is 158 cm³/mol. The molecule has 14 heteroatoms. The van der Waals surface area contributed by atoms with Crippen LogP contribution in [0.4, 0.5) is 23.7 Å². The third-order valence-electron chi connectivity index (χ3n) is 8.62. The quantitative estimate of drug-likeness (QED) is 0.379. The number of likely N-dealkylation sites (tertiary alicyclic amines) is 1. The average molecular weight is 682 g/mol. The number of hydrogen-bond acceptors (Lipinski definition) is 4.